The van der Waals surface area contributed by atoms with Gasteiger partial charge in [-0.3, -0.25) is 4.79 Å². The molecule has 0 fully saturated rings. The highest BCUT2D eigenvalue weighted by Gasteiger charge is 2.16. The molecule has 0 atom stereocenters. The van der Waals surface area contributed by atoms with Crippen molar-refractivity contribution in [2.24, 2.45) is 0 Å². The maximum Gasteiger partial charge on any atom is 0.231 e. The van der Waals surface area contributed by atoms with Gasteiger partial charge in [0.15, 0.2) is 0 Å². The minimum atomic E-state index is -0.323. The molecule has 0 unspecified atom stereocenters. The van der Waals surface area contributed by atoms with Crippen LogP contribution in [0.5, 0.6) is 0 Å². The molecular formula is C19H19FN2O. The first-order valence-electron chi connectivity index (χ1n) is 7.50. The second-order valence-electron chi connectivity index (χ2n) is 5.53. The highest BCUT2D eigenvalue weighted by molar-refractivity contribution is 5.94. The molecule has 23 heavy (non-hydrogen) atoms. The fourth-order valence-corrected chi connectivity index (χ4v) is 2.33. The molecule has 2 rings (SSSR count). The monoisotopic (exact) mass is 310 g/mol. The van der Waals surface area contributed by atoms with E-state index in [1.165, 1.54) is 12.1 Å². The number of hydrogen-bond acceptors (Lipinski definition) is 2. The highest BCUT2D eigenvalue weighted by Crippen LogP contribution is 2.20. The summed E-state index contributed by atoms with van der Waals surface area (Å²) in [5.74, 6) is -0.424. The average molecular weight is 310 g/mol. The first kappa shape index (κ1) is 16.7. The largest absolute Gasteiger partial charge is 0.311 e. The summed E-state index contributed by atoms with van der Waals surface area (Å²) >= 11 is 0. The molecule has 0 spiro atoms. The van der Waals surface area contributed by atoms with Gasteiger partial charge in [-0.1, -0.05) is 18.2 Å². The van der Waals surface area contributed by atoms with Gasteiger partial charge in [-0.2, -0.15) is 5.26 Å². The number of carbonyl (C=O) groups is 1. The van der Waals surface area contributed by atoms with Crippen LogP contribution in [-0.4, -0.2) is 12.5 Å². The normalized spacial score (nSPS) is 10.2. The lowest BCUT2D eigenvalue weighted by Crippen LogP contribution is -2.33. The summed E-state index contributed by atoms with van der Waals surface area (Å²) in [6.07, 6.45) is 0.445. The number of nitrogens with zero attached hydrogens (tertiary/aromatic N) is 2. The van der Waals surface area contributed by atoms with Gasteiger partial charge in [-0.25, -0.2) is 4.39 Å². The molecule has 0 aliphatic carbocycles. The van der Waals surface area contributed by atoms with Crippen molar-refractivity contribution >= 4 is 11.6 Å². The van der Waals surface area contributed by atoms with Crippen LogP contribution in [0, 0.1) is 31.0 Å². The van der Waals surface area contributed by atoms with E-state index in [0.29, 0.717) is 6.54 Å². The second-order valence-corrected chi connectivity index (χ2v) is 5.53. The minimum absolute atomic E-state index is 0.102. The van der Waals surface area contributed by atoms with Gasteiger partial charge in [0.25, 0.3) is 0 Å². The van der Waals surface area contributed by atoms with Crippen molar-refractivity contribution in [2.75, 3.05) is 11.4 Å². The third kappa shape index (κ3) is 4.40. The van der Waals surface area contributed by atoms with Crippen LogP contribution in [0.2, 0.25) is 0 Å². The molecule has 0 saturated heterocycles. The first-order valence-corrected chi connectivity index (χ1v) is 7.50. The molecule has 3 nitrogen and oxygen atoms in total. The van der Waals surface area contributed by atoms with Crippen molar-refractivity contribution in [3.05, 3.63) is 65.0 Å². The molecule has 0 radical (unpaired) electrons. The Bertz CT molecular complexity index is 732. The van der Waals surface area contributed by atoms with Crippen LogP contribution in [0.15, 0.2) is 42.5 Å². The standard InChI is InChI=1S/C19H19FN2O/c1-14-4-9-18(12-15(14)2)22(11-3-10-21)19(23)13-16-5-7-17(20)8-6-16/h4-9,12H,3,11,13H2,1-2H3. The molecule has 0 aromatic heterocycles. The minimum Gasteiger partial charge on any atom is -0.311 e. The number of amides is 1. The number of carbonyl (C=O) groups excluding carboxylic acids is 1. The first-order chi connectivity index (χ1) is 11.0. The molecule has 0 bridgehead atoms. The van der Waals surface area contributed by atoms with Crippen molar-refractivity contribution < 1.29 is 9.18 Å². The number of aryl methyl sites for hydroxylation is 2. The van der Waals surface area contributed by atoms with Gasteiger partial charge in [0.05, 0.1) is 18.9 Å². The number of halogens is 1. The van der Waals surface area contributed by atoms with E-state index in [-0.39, 0.29) is 24.6 Å². The fourth-order valence-electron chi connectivity index (χ4n) is 2.33. The van der Waals surface area contributed by atoms with E-state index in [1.807, 2.05) is 32.0 Å². The number of anilines is 1. The Labute approximate surface area is 136 Å². The number of rotatable bonds is 5. The van der Waals surface area contributed by atoms with Crippen LogP contribution in [0.3, 0.4) is 0 Å². The predicted molar refractivity (Wildman–Crippen MR) is 88.6 cm³/mol. The van der Waals surface area contributed by atoms with Gasteiger partial charge in [-0.05, 0) is 54.8 Å². The number of nitriles is 1. The number of hydrogen-bond donors (Lipinski definition) is 0. The quantitative estimate of drug-likeness (QED) is 0.840. The molecule has 0 saturated carbocycles. The predicted octanol–water partition coefficient (Wildman–Crippen LogP) is 3.93. The third-order valence-electron chi connectivity index (χ3n) is 3.82. The Morgan fingerprint density at radius 2 is 1.83 bits per heavy atom. The molecule has 118 valence electrons. The number of benzene rings is 2. The van der Waals surface area contributed by atoms with Gasteiger partial charge >= 0.3 is 0 Å². The van der Waals surface area contributed by atoms with Crippen molar-refractivity contribution in [2.45, 2.75) is 26.7 Å². The van der Waals surface area contributed by atoms with Crippen molar-refractivity contribution in [3.8, 4) is 6.07 Å². The molecular weight excluding hydrogens is 291 g/mol. The summed E-state index contributed by atoms with van der Waals surface area (Å²) in [7, 11) is 0. The molecule has 4 heteroatoms. The Hall–Kier alpha value is -2.67. The van der Waals surface area contributed by atoms with Crippen molar-refractivity contribution in [1.82, 2.24) is 0 Å². The fraction of sp³-hybridized carbons (Fsp3) is 0.263. The van der Waals surface area contributed by atoms with Crippen LogP contribution in [0.1, 0.15) is 23.1 Å². The third-order valence-corrected chi connectivity index (χ3v) is 3.82. The van der Waals surface area contributed by atoms with Gasteiger partial charge in [-0.15, -0.1) is 0 Å². The van der Waals surface area contributed by atoms with Crippen LogP contribution < -0.4 is 4.90 Å². The zero-order valence-corrected chi connectivity index (χ0v) is 13.3. The van der Waals surface area contributed by atoms with Crippen LogP contribution in [0.25, 0.3) is 0 Å². The van der Waals surface area contributed by atoms with Crippen LogP contribution in [-0.2, 0) is 11.2 Å². The van der Waals surface area contributed by atoms with E-state index in [0.717, 1.165) is 22.4 Å². The van der Waals surface area contributed by atoms with Crippen molar-refractivity contribution in [1.29, 1.82) is 5.26 Å². The summed E-state index contributed by atoms with van der Waals surface area (Å²) in [6, 6.07) is 13.8. The van der Waals surface area contributed by atoms with E-state index in [1.54, 1.807) is 17.0 Å². The van der Waals surface area contributed by atoms with E-state index in [2.05, 4.69) is 6.07 Å². The molecule has 2 aromatic rings. The Morgan fingerprint density at radius 1 is 1.13 bits per heavy atom. The van der Waals surface area contributed by atoms with Crippen molar-refractivity contribution in [3.63, 3.8) is 0 Å². The molecule has 0 N–H and O–H groups in total. The van der Waals surface area contributed by atoms with Gasteiger partial charge in [0.1, 0.15) is 5.82 Å². The maximum atomic E-state index is 13.0. The lowest BCUT2D eigenvalue weighted by Gasteiger charge is -2.23. The summed E-state index contributed by atoms with van der Waals surface area (Å²) in [5.41, 5.74) is 3.79. The van der Waals surface area contributed by atoms with Gasteiger partial charge in [0.2, 0.25) is 5.91 Å². The van der Waals surface area contributed by atoms with Gasteiger partial charge in [0, 0.05) is 12.2 Å². The zero-order valence-electron chi connectivity index (χ0n) is 13.3. The Balaban J connectivity index is 2.22. The van der Waals surface area contributed by atoms with Gasteiger partial charge < -0.3 is 4.90 Å². The van der Waals surface area contributed by atoms with Crippen LogP contribution in [0.4, 0.5) is 10.1 Å². The smallest absolute Gasteiger partial charge is 0.231 e. The summed E-state index contributed by atoms with van der Waals surface area (Å²) in [6.45, 7) is 4.35. The molecule has 0 aliphatic rings. The summed E-state index contributed by atoms with van der Waals surface area (Å²) in [5, 5.41) is 8.83. The zero-order chi connectivity index (χ0) is 16.8. The highest BCUT2D eigenvalue weighted by atomic mass is 19.1. The SMILES string of the molecule is Cc1ccc(N(CCC#N)C(=O)Cc2ccc(F)cc2)cc1C. The summed E-state index contributed by atoms with van der Waals surface area (Å²) < 4.78 is 13.0. The second kappa shape index (κ2) is 7.55. The topological polar surface area (TPSA) is 44.1 Å². The molecule has 0 aliphatic heterocycles. The van der Waals surface area contributed by atoms with E-state index in [9.17, 15) is 9.18 Å². The Morgan fingerprint density at radius 3 is 2.43 bits per heavy atom. The lowest BCUT2D eigenvalue weighted by atomic mass is 10.1. The summed E-state index contributed by atoms with van der Waals surface area (Å²) in [4.78, 5) is 14.2. The maximum absolute atomic E-state index is 13.0. The molecule has 1 amide bonds. The molecule has 2 aromatic carbocycles. The van der Waals surface area contributed by atoms with E-state index >= 15 is 0 Å². The van der Waals surface area contributed by atoms with Crippen LogP contribution >= 0.6 is 0 Å². The average Bonchev–Trinajstić information content (AvgIpc) is 2.53. The van der Waals surface area contributed by atoms with E-state index in [4.69, 9.17) is 5.26 Å². The van der Waals surface area contributed by atoms with E-state index < -0.39 is 0 Å². The lowest BCUT2D eigenvalue weighted by molar-refractivity contribution is -0.118. The molecule has 0 heterocycles. The Kier molecular flexibility index (Phi) is 5.48.